The number of benzene rings is 1. The zero-order chi connectivity index (χ0) is 17.8. The van der Waals surface area contributed by atoms with Crippen LogP contribution in [-0.2, 0) is 17.7 Å². The van der Waals surface area contributed by atoms with Gasteiger partial charge in [-0.3, -0.25) is 4.90 Å². The number of rotatable bonds is 5. The minimum Gasteiger partial charge on any atom is -0.423 e. The molecular weight excluding hydrogens is 326 g/mol. The Morgan fingerprint density at radius 3 is 2.69 bits per heavy atom. The molecule has 0 aliphatic carbocycles. The van der Waals surface area contributed by atoms with Crippen molar-refractivity contribution in [2.75, 3.05) is 19.8 Å². The smallest absolute Gasteiger partial charge is 0.233 e. The fourth-order valence-electron chi connectivity index (χ4n) is 4.13. The number of aryl methyl sites for hydroxylation is 1. The number of hydrogen-bond donors (Lipinski definition) is 0. The first-order valence-electron chi connectivity index (χ1n) is 10.1. The highest BCUT2D eigenvalue weighted by atomic mass is 16.5. The maximum absolute atomic E-state index is 6.16. The Balaban J connectivity index is 1.49. The van der Waals surface area contributed by atoms with E-state index in [4.69, 9.17) is 9.15 Å². The van der Waals surface area contributed by atoms with E-state index in [2.05, 4.69) is 46.3 Å². The zero-order valence-corrected chi connectivity index (χ0v) is 15.7. The summed E-state index contributed by atoms with van der Waals surface area (Å²) in [5.74, 6) is 1.97. The van der Waals surface area contributed by atoms with E-state index in [0.717, 1.165) is 63.8 Å². The van der Waals surface area contributed by atoms with Crippen LogP contribution in [0.2, 0.25) is 0 Å². The molecule has 5 nitrogen and oxygen atoms in total. The fraction of sp³-hybridized carbons (Fsp3) is 0.619. The summed E-state index contributed by atoms with van der Waals surface area (Å²) in [5.41, 5.74) is 2.77. The molecule has 2 aliphatic rings. The van der Waals surface area contributed by atoms with Crippen molar-refractivity contribution < 1.29 is 9.15 Å². The standard InChI is InChI=1S/C21H29N3O2/c1-2-16-6-5-7-17(14-16)15-24-11-4-3-8-19(24)21-23-22-20(26-21)18-9-12-25-13-10-18/h5-7,14,18-19H,2-4,8-13,15H2,1H3/t19-/m1/s1. The van der Waals surface area contributed by atoms with Gasteiger partial charge in [0.2, 0.25) is 11.8 Å². The van der Waals surface area contributed by atoms with Gasteiger partial charge in [-0.25, -0.2) is 0 Å². The van der Waals surface area contributed by atoms with Crippen LogP contribution in [0.3, 0.4) is 0 Å². The molecule has 2 aliphatic heterocycles. The van der Waals surface area contributed by atoms with Gasteiger partial charge >= 0.3 is 0 Å². The van der Waals surface area contributed by atoms with Gasteiger partial charge < -0.3 is 9.15 Å². The number of aromatic nitrogens is 2. The lowest BCUT2D eigenvalue weighted by molar-refractivity contribution is 0.0768. The van der Waals surface area contributed by atoms with Crippen LogP contribution in [-0.4, -0.2) is 34.9 Å². The molecule has 0 amide bonds. The summed E-state index contributed by atoms with van der Waals surface area (Å²) in [6.45, 7) is 5.85. The molecule has 0 N–H and O–H groups in total. The Bertz CT molecular complexity index is 709. The molecule has 0 radical (unpaired) electrons. The first-order chi connectivity index (χ1) is 12.8. The highest BCUT2D eigenvalue weighted by molar-refractivity contribution is 5.23. The van der Waals surface area contributed by atoms with Gasteiger partial charge in [0.15, 0.2) is 0 Å². The van der Waals surface area contributed by atoms with Gasteiger partial charge in [-0.05, 0) is 49.8 Å². The first-order valence-corrected chi connectivity index (χ1v) is 10.1. The van der Waals surface area contributed by atoms with Gasteiger partial charge in [0.05, 0.1) is 6.04 Å². The molecule has 26 heavy (non-hydrogen) atoms. The predicted octanol–water partition coefficient (Wildman–Crippen LogP) is 4.25. The van der Waals surface area contributed by atoms with E-state index in [1.165, 1.54) is 24.0 Å². The third-order valence-corrected chi connectivity index (χ3v) is 5.71. The number of piperidine rings is 1. The highest BCUT2D eigenvalue weighted by Gasteiger charge is 2.30. The largest absolute Gasteiger partial charge is 0.423 e. The minimum absolute atomic E-state index is 0.245. The van der Waals surface area contributed by atoms with Gasteiger partial charge in [-0.1, -0.05) is 37.6 Å². The minimum atomic E-state index is 0.245. The SMILES string of the molecule is CCc1cccc(CN2CCCC[C@@H]2c2nnc(C3CCOCC3)o2)c1. The van der Waals surface area contributed by atoms with Crippen LogP contribution >= 0.6 is 0 Å². The molecule has 5 heteroatoms. The van der Waals surface area contributed by atoms with Crippen LogP contribution in [0.5, 0.6) is 0 Å². The Hall–Kier alpha value is -1.72. The molecule has 1 aromatic carbocycles. The van der Waals surface area contributed by atoms with Crippen molar-refractivity contribution in [2.45, 2.75) is 64.0 Å². The van der Waals surface area contributed by atoms with Crippen molar-refractivity contribution in [1.82, 2.24) is 15.1 Å². The second kappa shape index (κ2) is 8.31. The fourth-order valence-corrected chi connectivity index (χ4v) is 4.13. The summed E-state index contributed by atoms with van der Waals surface area (Å²) in [5, 5.41) is 8.83. The normalized spacial score (nSPS) is 22.6. The van der Waals surface area contributed by atoms with E-state index < -0.39 is 0 Å². The molecule has 0 bridgehead atoms. The summed E-state index contributed by atoms with van der Waals surface area (Å²) in [4.78, 5) is 2.51. The van der Waals surface area contributed by atoms with E-state index in [-0.39, 0.29) is 6.04 Å². The van der Waals surface area contributed by atoms with Gasteiger partial charge in [0, 0.05) is 25.7 Å². The first kappa shape index (κ1) is 17.7. The van der Waals surface area contributed by atoms with Crippen LogP contribution in [0.1, 0.15) is 73.9 Å². The number of likely N-dealkylation sites (tertiary alicyclic amines) is 1. The molecule has 4 rings (SSSR count). The van der Waals surface area contributed by atoms with E-state index in [0.29, 0.717) is 5.92 Å². The van der Waals surface area contributed by atoms with Crippen LogP contribution < -0.4 is 0 Å². The lowest BCUT2D eigenvalue weighted by Gasteiger charge is -2.33. The molecular formula is C21H29N3O2. The Morgan fingerprint density at radius 2 is 1.85 bits per heavy atom. The number of ether oxygens (including phenoxy) is 1. The van der Waals surface area contributed by atoms with Gasteiger partial charge in [-0.2, -0.15) is 0 Å². The van der Waals surface area contributed by atoms with E-state index in [1.54, 1.807) is 0 Å². The summed E-state index contributed by atoms with van der Waals surface area (Å²) in [6, 6.07) is 9.17. The molecule has 0 saturated carbocycles. The van der Waals surface area contributed by atoms with Crippen molar-refractivity contribution in [3.8, 4) is 0 Å². The van der Waals surface area contributed by atoms with Crippen molar-refractivity contribution >= 4 is 0 Å². The van der Waals surface area contributed by atoms with Gasteiger partial charge in [-0.15, -0.1) is 10.2 Å². The van der Waals surface area contributed by atoms with Crippen molar-refractivity contribution in [3.63, 3.8) is 0 Å². The summed E-state index contributed by atoms with van der Waals surface area (Å²) in [6.07, 6.45) is 6.62. The molecule has 2 aromatic rings. The van der Waals surface area contributed by atoms with E-state index in [1.807, 2.05) is 0 Å². The second-order valence-electron chi connectivity index (χ2n) is 7.52. The molecule has 1 atom stereocenters. The molecule has 1 aromatic heterocycles. The zero-order valence-electron chi connectivity index (χ0n) is 15.7. The van der Waals surface area contributed by atoms with Crippen molar-refractivity contribution in [2.24, 2.45) is 0 Å². The summed E-state index contributed by atoms with van der Waals surface area (Å²) in [7, 11) is 0. The number of hydrogen-bond acceptors (Lipinski definition) is 5. The molecule has 3 heterocycles. The Morgan fingerprint density at radius 1 is 1.04 bits per heavy atom. The van der Waals surface area contributed by atoms with Crippen LogP contribution in [0.15, 0.2) is 28.7 Å². The van der Waals surface area contributed by atoms with E-state index in [9.17, 15) is 0 Å². The Kier molecular flexibility index (Phi) is 5.65. The third kappa shape index (κ3) is 3.99. The average Bonchev–Trinajstić information content (AvgIpc) is 3.19. The van der Waals surface area contributed by atoms with E-state index >= 15 is 0 Å². The molecule has 140 valence electrons. The maximum Gasteiger partial charge on any atom is 0.233 e. The van der Waals surface area contributed by atoms with Crippen LogP contribution in [0, 0.1) is 0 Å². The molecule has 0 spiro atoms. The average molecular weight is 355 g/mol. The topological polar surface area (TPSA) is 51.4 Å². The lowest BCUT2D eigenvalue weighted by Crippen LogP contribution is -2.33. The Labute approximate surface area is 155 Å². The lowest BCUT2D eigenvalue weighted by atomic mass is 10.00. The summed E-state index contributed by atoms with van der Waals surface area (Å²) >= 11 is 0. The van der Waals surface area contributed by atoms with Crippen molar-refractivity contribution in [1.29, 1.82) is 0 Å². The van der Waals surface area contributed by atoms with Gasteiger partial charge in [0.1, 0.15) is 0 Å². The second-order valence-corrected chi connectivity index (χ2v) is 7.52. The predicted molar refractivity (Wildman–Crippen MR) is 99.9 cm³/mol. The molecule has 2 fully saturated rings. The quantitative estimate of drug-likeness (QED) is 0.802. The van der Waals surface area contributed by atoms with Crippen LogP contribution in [0.4, 0.5) is 0 Å². The maximum atomic E-state index is 6.16. The van der Waals surface area contributed by atoms with Crippen LogP contribution in [0.25, 0.3) is 0 Å². The third-order valence-electron chi connectivity index (χ3n) is 5.71. The monoisotopic (exact) mass is 355 g/mol. The molecule has 0 unspecified atom stereocenters. The highest BCUT2D eigenvalue weighted by Crippen LogP contribution is 2.33. The summed E-state index contributed by atoms with van der Waals surface area (Å²) < 4.78 is 11.6. The van der Waals surface area contributed by atoms with Gasteiger partial charge in [0.25, 0.3) is 0 Å². The number of nitrogens with zero attached hydrogens (tertiary/aromatic N) is 3. The van der Waals surface area contributed by atoms with Crippen molar-refractivity contribution in [3.05, 3.63) is 47.2 Å². The molecule has 2 saturated heterocycles.